The van der Waals surface area contributed by atoms with Crippen molar-refractivity contribution >= 4 is 23.2 Å². The number of amides is 2. The summed E-state index contributed by atoms with van der Waals surface area (Å²) in [6.45, 7) is 0.314. The minimum absolute atomic E-state index is 0.0950. The molecule has 38 heavy (non-hydrogen) atoms. The summed E-state index contributed by atoms with van der Waals surface area (Å²) in [6.07, 6.45) is 0.0196. The lowest BCUT2D eigenvalue weighted by Gasteiger charge is -2.24. The maximum absolute atomic E-state index is 13.9. The highest BCUT2D eigenvalue weighted by Crippen LogP contribution is 2.35. The molecule has 1 heterocycles. The lowest BCUT2D eigenvalue weighted by Crippen LogP contribution is -2.32. The molecule has 0 saturated carbocycles. The van der Waals surface area contributed by atoms with Crippen LogP contribution in [-0.2, 0) is 0 Å². The predicted molar refractivity (Wildman–Crippen MR) is 143 cm³/mol. The Morgan fingerprint density at radius 2 is 1.71 bits per heavy atom. The average molecular weight is 506 g/mol. The van der Waals surface area contributed by atoms with E-state index in [1.807, 2.05) is 42.5 Å². The Kier molecular flexibility index (Phi) is 6.98. The molecule has 0 saturated heterocycles. The molecule has 2 N–H and O–H groups in total. The number of nitrogens with zero attached hydrogens (tertiary/aromatic N) is 2. The summed E-state index contributed by atoms with van der Waals surface area (Å²) in [4.78, 5) is 28.2. The normalized spacial score (nSPS) is 14.7. The van der Waals surface area contributed by atoms with Gasteiger partial charge in [0.05, 0.1) is 17.2 Å². The van der Waals surface area contributed by atoms with E-state index in [2.05, 4.69) is 11.4 Å². The molecule has 2 amide bonds. The van der Waals surface area contributed by atoms with Crippen LogP contribution in [-0.4, -0.2) is 23.5 Å². The fourth-order valence-corrected chi connectivity index (χ4v) is 4.76. The molecule has 7 heteroatoms. The van der Waals surface area contributed by atoms with Gasteiger partial charge in [0.15, 0.2) is 0 Å². The van der Waals surface area contributed by atoms with Crippen molar-refractivity contribution in [2.45, 2.75) is 18.9 Å². The van der Waals surface area contributed by atoms with Gasteiger partial charge in [0.2, 0.25) is 0 Å². The van der Waals surface area contributed by atoms with Crippen molar-refractivity contribution in [3.63, 3.8) is 0 Å². The highest BCUT2D eigenvalue weighted by atomic mass is 19.1. The lowest BCUT2D eigenvalue weighted by molar-refractivity contribution is 0.0985. The van der Waals surface area contributed by atoms with Gasteiger partial charge in [0.1, 0.15) is 11.9 Å². The van der Waals surface area contributed by atoms with Crippen LogP contribution in [0.4, 0.5) is 15.8 Å². The zero-order valence-corrected chi connectivity index (χ0v) is 20.4. The Balaban J connectivity index is 1.43. The Labute approximate surface area is 219 Å². The fraction of sp³-hybridized carbons (Fsp3) is 0.129. The van der Waals surface area contributed by atoms with Gasteiger partial charge in [-0.1, -0.05) is 48.5 Å². The van der Waals surface area contributed by atoms with Crippen LogP contribution < -0.4 is 10.2 Å². The molecule has 0 fully saturated rings. The molecule has 6 nitrogen and oxygen atoms in total. The number of aliphatic hydroxyl groups is 1. The number of rotatable bonds is 4. The second-order valence-electron chi connectivity index (χ2n) is 9.06. The molecular formula is C31H24FN3O3. The zero-order chi connectivity index (χ0) is 26.6. The van der Waals surface area contributed by atoms with Crippen LogP contribution in [0, 0.1) is 17.1 Å². The highest BCUT2D eigenvalue weighted by molar-refractivity contribution is 6.10. The quantitative estimate of drug-likeness (QED) is 0.351. The predicted octanol–water partition coefficient (Wildman–Crippen LogP) is 6.09. The van der Waals surface area contributed by atoms with E-state index in [-0.39, 0.29) is 17.0 Å². The first-order valence-electron chi connectivity index (χ1n) is 12.3. The first-order chi connectivity index (χ1) is 18.5. The Hall–Kier alpha value is -4.80. The fourth-order valence-electron chi connectivity index (χ4n) is 4.76. The average Bonchev–Trinajstić information content (AvgIpc) is 3.11. The molecule has 1 aliphatic rings. The Morgan fingerprint density at radius 3 is 2.50 bits per heavy atom. The zero-order valence-electron chi connectivity index (χ0n) is 20.4. The topological polar surface area (TPSA) is 93.4 Å². The standard InChI is InChI=1S/C31H24FN3O3/c32-22-12-15-28-27(18-22)29(36)11-6-16-35(28)31(38)25-14-13-23(17-21(25)19-33)34-30(37)26-10-5-4-9-24(26)20-7-2-1-3-8-20/h1-5,7-10,12-15,17-18,29,36H,6,11,16H2,(H,34,37). The number of nitriles is 1. The van der Waals surface area contributed by atoms with Crippen LogP contribution >= 0.6 is 0 Å². The smallest absolute Gasteiger partial charge is 0.259 e. The monoisotopic (exact) mass is 505 g/mol. The summed E-state index contributed by atoms with van der Waals surface area (Å²) in [5, 5.41) is 23.1. The van der Waals surface area contributed by atoms with Gasteiger partial charge in [-0.3, -0.25) is 9.59 Å². The van der Waals surface area contributed by atoms with Crippen molar-refractivity contribution in [2.24, 2.45) is 0 Å². The first kappa shape index (κ1) is 24.9. The molecule has 188 valence electrons. The number of hydrogen-bond donors (Lipinski definition) is 2. The number of benzene rings is 4. The number of hydrogen-bond acceptors (Lipinski definition) is 4. The number of carbonyl (C=O) groups excluding carboxylic acids is 2. The van der Waals surface area contributed by atoms with E-state index < -0.39 is 17.8 Å². The van der Waals surface area contributed by atoms with Crippen LogP contribution in [0.3, 0.4) is 0 Å². The number of aliphatic hydroxyl groups excluding tert-OH is 1. The number of halogens is 1. The molecule has 0 spiro atoms. The number of nitrogens with one attached hydrogen (secondary N) is 1. The van der Waals surface area contributed by atoms with Crippen molar-refractivity contribution < 1.29 is 19.1 Å². The van der Waals surface area contributed by atoms with Crippen molar-refractivity contribution in [2.75, 3.05) is 16.8 Å². The van der Waals surface area contributed by atoms with Gasteiger partial charge in [-0.05, 0) is 66.4 Å². The summed E-state index contributed by atoms with van der Waals surface area (Å²) >= 11 is 0. The number of carbonyl (C=O) groups is 2. The van der Waals surface area contributed by atoms with Crippen molar-refractivity contribution in [3.8, 4) is 17.2 Å². The molecule has 5 rings (SSSR count). The molecule has 4 aromatic carbocycles. The van der Waals surface area contributed by atoms with Gasteiger partial charge < -0.3 is 15.3 Å². The van der Waals surface area contributed by atoms with E-state index in [9.17, 15) is 24.3 Å². The van der Waals surface area contributed by atoms with Gasteiger partial charge in [-0.25, -0.2) is 4.39 Å². The van der Waals surface area contributed by atoms with E-state index in [1.165, 1.54) is 35.2 Å². The minimum atomic E-state index is -0.884. The van der Waals surface area contributed by atoms with Crippen LogP contribution in [0.25, 0.3) is 11.1 Å². The van der Waals surface area contributed by atoms with Crippen LogP contribution in [0.1, 0.15) is 50.8 Å². The van der Waals surface area contributed by atoms with E-state index in [0.717, 1.165) is 11.1 Å². The molecule has 1 unspecified atom stereocenters. The minimum Gasteiger partial charge on any atom is -0.388 e. The van der Waals surface area contributed by atoms with Crippen LogP contribution in [0.5, 0.6) is 0 Å². The molecule has 0 bridgehead atoms. The molecule has 0 radical (unpaired) electrons. The second kappa shape index (κ2) is 10.7. The molecule has 4 aromatic rings. The van der Waals surface area contributed by atoms with Gasteiger partial charge in [0.25, 0.3) is 11.8 Å². The van der Waals surface area contributed by atoms with E-state index in [1.54, 1.807) is 18.2 Å². The van der Waals surface area contributed by atoms with Gasteiger partial charge in [0, 0.05) is 29.0 Å². The van der Waals surface area contributed by atoms with Gasteiger partial charge in [-0.2, -0.15) is 5.26 Å². The van der Waals surface area contributed by atoms with Crippen molar-refractivity contribution in [1.29, 1.82) is 5.26 Å². The largest absolute Gasteiger partial charge is 0.388 e. The summed E-state index contributed by atoms with van der Waals surface area (Å²) in [7, 11) is 0. The summed E-state index contributed by atoms with van der Waals surface area (Å²) in [5.74, 6) is -1.27. The van der Waals surface area contributed by atoms with Crippen molar-refractivity contribution in [3.05, 3.63) is 119 Å². The number of anilines is 2. The lowest BCUT2D eigenvalue weighted by atomic mass is 9.99. The van der Waals surface area contributed by atoms with E-state index in [0.29, 0.717) is 41.9 Å². The Bertz CT molecular complexity index is 1560. The van der Waals surface area contributed by atoms with Gasteiger partial charge >= 0.3 is 0 Å². The Morgan fingerprint density at radius 1 is 0.947 bits per heavy atom. The third-order valence-corrected chi connectivity index (χ3v) is 6.63. The van der Waals surface area contributed by atoms with Gasteiger partial charge in [-0.15, -0.1) is 0 Å². The maximum Gasteiger partial charge on any atom is 0.259 e. The summed E-state index contributed by atoms with van der Waals surface area (Å²) < 4.78 is 13.9. The number of fused-ring (bicyclic) bond motifs is 1. The molecule has 1 atom stereocenters. The van der Waals surface area contributed by atoms with Crippen molar-refractivity contribution in [1.82, 2.24) is 0 Å². The van der Waals surface area contributed by atoms with Crippen LogP contribution in [0.2, 0.25) is 0 Å². The summed E-state index contributed by atoms with van der Waals surface area (Å²) in [5.41, 5.74) is 3.54. The molecular weight excluding hydrogens is 481 g/mol. The molecule has 0 aromatic heterocycles. The SMILES string of the molecule is N#Cc1cc(NC(=O)c2ccccc2-c2ccccc2)ccc1C(=O)N1CCCC(O)c2cc(F)ccc21. The van der Waals surface area contributed by atoms with E-state index >= 15 is 0 Å². The third-order valence-electron chi connectivity index (χ3n) is 6.63. The first-order valence-corrected chi connectivity index (χ1v) is 12.3. The maximum atomic E-state index is 13.9. The third kappa shape index (κ3) is 4.90. The van der Waals surface area contributed by atoms with Crippen LogP contribution in [0.15, 0.2) is 91.0 Å². The second-order valence-corrected chi connectivity index (χ2v) is 9.06. The highest BCUT2D eigenvalue weighted by Gasteiger charge is 2.28. The van der Waals surface area contributed by atoms with E-state index in [4.69, 9.17) is 0 Å². The molecule has 0 aliphatic carbocycles. The molecule has 1 aliphatic heterocycles. The summed E-state index contributed by atoms with van der Waals surface area (Å²) in [6, 6.07) is 27.4.